The van der Waals surface area contributed by atoms with E-state index in [4.69, 9.17) is 15.1 Å². The number of aromatic nitrogens is 8. The van der Waals surface area contributed by atoms with E-state index in [2.05, 4.69) is 147 Å². The third-order valence-electron chi connectivity index (χ3n) is 13.6. The fraction of sp³-hybridized carbons (Fsp3) is 0.333. The van der Waals surface area contributed by atoms with E-state index in [1.807, 2.05) is 31.4 Å². The minimum atomic E-state index is -0.630. The van der Waals surface area contributed by atoms with Crippen LogP contribution in [-0.4, -0.2) is 74.5 Å². The van der Waals surface area contributed by atoms with Crippen LogP contribution in [0.5, 0.6) is 0 Å². The van der Waals surface area contributed by atoms with Crippen molar-refractivity contribution in [3.8, 4) is 0 Å². The van der Waals surface area contributed by atoms with Gasteiger partial charge in [0.05, 0.1) is 16.7 Å². The summed E-state index contributed by atoms with van der Waals surface area (Å²) in [5.41, 5.74) is 15.5. The molecule has 2 aliphatic heterocycles. The number of para-hydroxylation sites is 2. The molecule has 0 spiro atoms. The summed E-state index contributed by atoms with van der Waals surface area (Å²) in [4.78, 5) is 42.9. The van der Waals surface area contributed by atoms with E-state index in [1.54, 1.807) is 9.36 Å². The fourth-order valence-electron chi connectivity index (χ4n) is 9.20. The Labute approximate surface area is 412 Å². The molecule has 2 fully saturated rings. The third-order valence-corrected chi connectivity index (χ3v) is 13.6. The van der Waals surface area contributed by atoms with Crippen LogP contribution in [0.4, 0.5) is 46.3 Å². The highest BCUT2D eigenvalue weighted by molar-refractivity contribution is 5.91. The molecule has 2 aliphatic carbocycles. The molecule has 1 amide bonds. The lowest BCUT2D eigenvalue weighted by atomic mass is 9.98. The maximum atomic E-state index is 12.5. The van der Waals surface area contributed by atoms with Gasteiger partial charge in [-0.25, -0.2) is 19.3 Å². The van der Waals surface area contributed by atoms with Crippen LogP contribution in [0.3, 0.4) is 0 Å². The number of carbonyl (C=O) groups excluding carboxylic acids is 1. The van der Waals surface area contributed by atoms with E-state index in [9.17, 15) is 9.59 Å². The number of rotatable bonds is 10. The Morgan fingerprint density at radius 3 is 1.59 bits per heavy atom. The second kappa shape index (κ2) is 19.8. The zero-order chi connectivity index (χ0) is 49.3. The van der Waals surface area contributed by atoms with Crippen molar-refractivity contribution in [2.24, 2.45) is 25.9 Å². The van der Waals surface area contributed by atoms with Crippen molar-refractivity contribution >= 4 is 80.2 Å². The van der Waals surface area contributed by atoms with Crippen LogP contribution < -0.4 is 26.6 Å². The Morgan fingerprint density at radius 2 is 1.11 bits per heavy atom. The summed E-state index contributed by atoms with van der Waals surface area (Å²) in [6.07, 6.45) is 9.49. The van der Waals surface area contributed by atoms with Gasteiger partial charge in [0.2, 0.25) is 17.8 Å². The first-order valence-electron chi connectivity index (χ1n) is 24.4. The zero-order valence-corrected chi connectivity index (χ0v) is 41.1. The number of nitrogens with one attached hydrogen (secondary N) is 5. The van der Waals surface area contributed by atoms with Crippen LogP contribution in [-0.2, 0) is 49.6 Å². The van der Waals surface area contributed by atoms with Crippen molar-refractivity contribution < 1.29 is 14.7 Å². The Kier molecular flexibility index (Phi) is 13.1. The topological polar surface area (TPSA) is 205 Å². The summed E-state index contributed by atoms with van der Waals surface area (Å²) in [5.74, 6) is 2.53. The molecule has 0 unspecified atom stereocenters. The number of hydrogen-bond donors (Lipinski definition) is 6. The van der Waals surface area contributed by atoms with Crippen molar-refractivity contribution in [1.29, 1.82) is 0 Å². The number of carbonyl (C=O) groups is 2. The average molecular weight is 953 g/mol. The number of aryl methyl sites for hydroxylation is 6. The molecule has 17 nitrogen and oxygen atoms in total. The molecular weight excluding hydrogens is 893 g/mol. The first kappa shape index (κ1) is 46.8. The highest BCUT2D eigenvalue weighted by Gasteiger charge is 2.34. The van der Waals surface area contributed by atoms with Crippen molar-refractivity contribution in [2.45, 2.75) is 79.3 Å². The molecule has 0 atom stereocenters. The summed E-state index contributed by atoms with van der Waals surface area (Å²) in [7, 11) is 3.79. The highest BCUT2D eigenvalue weighted by atomic mass is 16.4. The van der Waals surface area contributed by atoms with Gasteiger partial charge in [0.25, 0.3) is 0 Å². The number of benzene rings is 4. The van der Waals surface area contributed by atoms with Crippen LogP contribution in [0.15, 0.2) is 85.2 Å². The minimum absolute atomic E-state index is 0.0185. The second-order valence-corrected chi connectivity index (χ2v) is 19.1. The summed E-state index contributed by atoms with van der Waals surface area (Å²) in [5, 5.41) is 36.1. The summed E-state index contributed by atoms with van der Waals surface area (Å²) in [6, 6.07) is 25.2. The molecule has 6 N–H and O–H groups in total. The maximum Gasteiger partial charge on any atom is 0.306 e. The monoisotopic (exact) mass is 952 g/mol. The van der Waals surface area contributed by atoms with E-state index < -0.39 is 5.97 Å². The smallest absolute Gasteiger partial charge is 0.306 e. The maximum absolute atomic E-state index is 12.5. The van der Waals surface area contributed by atoms with Gasteiger partial charge in [0.1, 0.15) is 0 Å². The summed E-state index contributed by atoms with van der Waals surface area (Å²) in [6.45, 7) is 11.8. The Morgan fingerprint density at radius 1 is 0.620 bits per heavy atom. The number of aliphatic carboxylic acids is 1. The molecule has 0 radical (unpaired) electrons. The standard InChI is InChI=1S/C27H29N7O.C23H25N7.C4H6O2/c1-16-5-4-6-17(2)23(16)30-24-22-14-28-27(31-25(22)33(3)32-24)29-21-10-9-18-11-12-34(15-20(18)13-21)26(35)19-7-8-19;1-14-5-4-6-15(2)20(14)27-21-19-13-25-23(28-22(19)30(3)29-21)26-18-8-7-16-9-10-24-12-17(16)11-18;5-4(6)3-1-2-3/h4-6,9-10,13-14,19H,7-8,11-12,15H2,1-3H3,(H,30,32)(H,28,29,31);4-8,11,13,24H,9-10,12H2,1-3H3,(H,27,29)(H,25,26,28);3H,1-2H2,(H,5,6). The van der Waals surface area contributed by atoms with Gasteiger partial charge in [-0.05, 0) is 142 Å². The van der Waals surface area contributed by atoms with Crippen LogP contribution in [0, 0.1) is 39.5 Å². The van der Waals surface area contributed by atoms with E-state index in [1.165, 1.54) is 33.4 Å². The number of carboxylic acid groups (broad SMARTS) is 1. The van der Waals surface area contributed by atoms with Gasteiger partial charge in [0, 0.05) is 74.8 Å². The van der Waals surface area contributed by atoms with Gasteiger partial charge in [-0.2, -0.15) is 20.2 Å². The van der Waals surface area contributed by atoms with E-state index in [-0.39, 0.29) is 11.8 Å². The summed E-state index contributed by atoms with van der Waals surface area (Å²) < 4.78 is 3.56. The fourth-order valence-corrected chi connectivity index (χ4v) is 9.20. The third kappa shape index (κ3) is 10.5. The molecule has 4 aromatic carbocycles. The van der Waals surface area contributed by atoms with E-state index in [0.29, 0.717) is 24.3 Å². The first-order chi connectivity index (χ1) is 34.3. The number of amides is 1. The molecule has 12 rings (SSSR count). The molecule has 0 bridgehead atoms. The molecular formula is C54H60N14O3. The largest absolute Gasteiger partial charge is 0.481 e. The molecule has 17 heteroatoms. The Hall–Kier alpha value is -7.92. The van der Waals surface area contributed by atoms with Crippen molar-refractivity contribution in [3.63, 3.8) is 0 Å². The predicted octanol–water partition coefficient (Wildman–Crippen LogP) is 9.36. The summed E-state index contributed by atoms with van der Waals surface area (Å²) >= 11 is 0. The van der Waals surface area contributed by atoms with Gasteiger partial charge in [-0.1, -0.05) is 48.5 Å². The van der Waals surface area contributed by atoms with Crippen molar-refractivity contribution in [3.05, 3.63) is 130 Å². The highest BCUT2D eigenvalue weighted by Crippen LogP contribution is 2.35. The molecule has 6 heterocycles. The normalized spacial score (nSPS) is 14.9. The number of hydrogen-bond acceptors (Lipinski definition) is 13. The van der Waals surface area contributed by atoms with Gasteiger partial charge in [-0.15, -0.1) is 0 Å². The van der Waals surface area contributed by atoms with E-state index in [0.717, 1.165) is 126 Å². The molecule has 364 valence electrons. The number of nitrogens with zero attached hydrogens (tertiary/aromatic N) is 9. The molecule has 0 saturated heterocycles. The molecule has 4 aromatic heterocycles. The number of anilines is 8. The van der Waals surface area contributed by atoms with Crippen molar-refractivity contribution in [1.82, 2.24) is 49.7 Å². The average Bonchev–Trinajstić information content (AvgIpc) is 4.32. The molecule has 71 heavy (non-hydrogen) atoms. The first-order valence-corrected chi connectivity index (χ1v) is 24.4. The van der Waals surface area contributed by atoms with Gasteiger partial charge < -0.3 is 36.6 Å². The van der Waals surface area contributed by atoms with Crippen LogP contribution in [0.2, 0.25) is 0 Å². The van der Waals surface area contributed by atoms with Gasteiger partial charge >= 0.3 is 5.97 Å². The van der Waals surface area contributed by atoms with Crippen LogP contribution in [0.1, 0.15) is 70.2 Å². The minimum Gasteiger partial charge on any atom is -0.481 e. The lowest BCUT2D eigenvalue weighted by Gasteiger charge is -2.29. The van der Waals surface area contributed by atoms with Crippen LogP contribution in [0.25, 0.3) is 22.1 Å². The Balaban J connectivity index is 0.000000148. The predicted molar refractivity (Wildman–Crippen MR) is 278 cm³/mol. The Bertz CT molecular complexity index is 3280. The number of carboxylic acids is 1. The second-order valence-electron chi connectivity index (χ2n) is 19.1. The van der Waals surface area contributed by atoms with Crippen LogP contribution >= 0.6 is 0 Å². The molecule has 4 aliphatic rings. The van der Waals surface area contributed by atoms with Gasteiger partial charge in [-0.3, -0.25) is 9.59 Å². The zero-order valence-electron chi connectivity index (χ0n) is 41.1. The quantitative estimate of drug-likeness (QED) is 0.0756. The lowest BCUT2D eigenvalue weighted by Crippen LogP contribution is -2.36. The number of fused-ring (bicyclic) bond motifs is 4. The lowest BCUT2D eigenvalue weighted by molar-refractivity contribution is -0.138. The van der Waals surface area contributed by atoms with E-state index >= 15 is 0 Å². The van der Waals surface area contributed by atoms with Crippen molar-refractivity contribution in [2.75, 3.05) is 34.4 Å². The van der Waals surface area contributed by atoms with Gasteiger partial charge in [0.15, 0.2) is 22.9 Å². The SMILES string of the molecule is Cc1cccc(C)c1Nc1nn(C)c2nc(Nc3ccc4c(c3)CN(C(=O)C3CC3)CC4)ncc12.Cc1cccc(C)c1Nc1nn(C)c2nc(Nc3ccc4c(c3)CNCC4)ncc12.O=C(O)C1CC1. The molecule has 8 aromatic rings. The molecule has 2 saturated carbocycles.